The van der Waals surface area contributed by atoms with E-state index in [0.29, 0.717) is 22.9 Å². The summed E-state index contributed by atoms with van der Waals surface area (Å²) in [5, 5.41) is 14.4. The Morgan fingerprint density at radius 2 is 1.87 bits per heavy atom. The highest BCUT2D eigenvalue weighted by molar-refractivity contribution is 7.13. The Morgan fingerprint density at radius 3 is 2.63 bits per heavy atom. The van der Waals surface area contributed by atoms with Crippen LogP contribution in [0.15, 0.2) is 54.6 Å². The van der Waals surface area contributed by atoms with Gasteiger partial charge >= 0.3 is 0 Å². The molecule has 0 fully saturated rings. The molecule has 3 aromatic rings. The van der Waals surface area contributed by atoms with Crippen LogP contribution in [0.5, 0.6) is 0 Å². The lowest BCUT2D eigenvalue weighted by Crippen LogP contribution is -2.32. The lowest BCUT2D eigenvalue weighted by molar-refractivity contribution is 0.0937. The van der Waals surface area contributed by atoms with Crippen LogP contribution >= 0.6 is 11.3 Å². The Bertz CT molecular complexity index is 991. The lowest BCUT2D eigenvalue weighted by atomic mass is 10.1. The highest BCUT2D eigenvalue weighted by atomic mass is 32.1. The van der Waals surface area contributed by atoms with Crippen LogP contribution in [0.2, 0.25) is 0 Å². The number of carbonyl (C=O) groups excluding carboxylic acids is 2. The van der Waals surface area contributed by atoms with Crippen molar-refractivity contribution in [1.82, 2.24) is 15.5 Å². The summed E-state index contributed by atoms with van der Waals surface area (Å²) in [5.41, 5.74) is 2.25. The maximum atomic E-state index is 12.6. The number of hydrogen-bond donors (Lipinski definition) is 2. The summed E-state index contributed by atoms with van der Waals surface area (Å²) < 4.78 is 4.99. The highest BCUT2D eigenvalue weighted by Crippen LogP contribution is 2.16. The smallest absolute Gasteiger partial charge is 0.286 e. The van der Waals surface area contributed by atoms with Gasteiger partial charge in [-0.05, 0) is 43.5 Å². The van der Waals surface area contributed by atoms with Crippen molar-refractivity contribution in [2.45, 2.75) is 32.4 Å². The van der Waals surface area contributed by atoms with E-state index >= 15 is 0 Å². The molecule has 0 aliphatic carbocycles. The van der Waals surface area contributed by atoms with Crippen molar-refractivity contribution < 1.29 is 14.3 Å². The zero-order chi connectivity index (χ0) is 21.3. The number of rotatable bonds is 9. The largest absolute Gasteiger partial charge is 0.377 e. The molecule has 0 bridgehead atoms. The Labute approximate surface area is 179 Å². The first-order chi connectivity index (χ1) is 14.5. The van der Waals surface area contributed by atoms with Crippen LogP contribution in [0.25, 0.3) is 0 Å². The zero-order valence-corrected chi connectivity index (χ0v) is 17.7. The summed E-state index contributed by atoms with van der Waals surface area (Å²) >= 11 is 1.17. The Hall–Kier alpha value is -3.10. The van der Waals surface area contributed by atoms with Crippen molar-refractivity contribution in [2.24, 2.45) is 0 Å². The van der Waals surface area contributed by atoms with Gasteiger partial charge in [-0.15, -0.1) is 10.2 Å². The lowest BCUT2D eigenvalue weighted by Gasteiger charge is -2.14. The van der Waals surface area contributed by atoms with Crippen molar-refractivity contribution in [3.63, 3.8) is 0 Å². The molecule has 156 valence electrons. The minimum atomic E-state index is -0.372. The number of benzene rings is 2. The van der Waals surface area contributed by atoms with Gasteiger partial charge in [0.1, 0.15) is 5.01 Å². The molecule has 0 unspecified atom stereocenters. The van der Waals surface area contributed by atoms with E-state index in [1.807, 2.05) is 25.1 Å². The molecule has 1 heterocycles. The average Bonchev–Trinajstić information content (AvgIpc) is 3.22. The molecule has 7 nitrogen and oxygen atoms in total. The molecule has 30 heavy (non-hydrogen) atoms. The molecule has 2 aromatic carbocycles. The average molecular weight is 425 g/mol. The molecule has 3 rings (SSSR count). The predicted octanol–water partition coefficient (Wildman–Crippen LogP) is 3.69. The highest BCUT2D eigenvalue weighted by Gasteiger charge is 2.15. The van der Waals surface area contributed by atoms with E-state index in [-0.39, 0.29) is 22.9 Å². The van der Waals surface area contributed by atoms with E-state index in [0.717, 1.165) is 12.8 Å². The van der Waals surface area contributed by atoms with E-state index in [4.69, 9.17) is 4.74 Å². The van der Waals surface area contributed by atoms with Gasteiger partial charge in [-0.25, -0.2) is 0 Å². The Morgan fingerprint density at radius 1 is 1.07 bits per heavy atom. The molecule has 0 aliphatic heterocycles. The number of aryl methyl sites for hydroxylation is 1. The van der Waals surface area contributed by atoms with Crippen LogP contribution in [0.3, 0.4) is 0 Å². The summed E-state index contributed by atoms with van der Waals surface area (Å²) in [4.78, 5) is 25.0. The fourth-order valence-corrected chi connectivity index (χ4v) is 3.56. The molecule has 2 N–H and O–H groups in total. The molecule has 0 saturated carbocycles. The van der Waals surface area contributed by atoms with Crippen molar-refractivity contribution in [3.8, 4) is 0 Å². The minimum absolute atomic E-state index is 0.0246. The predicted molar refractivity (Wildman–Crippen MR) is 117 cm³/mol. The molecule has 0 spiro atoms. The third-order valence-electron chi connectivity index (χ3n) is 4.40. The van der Waals surface area contributed by atoms with Gasteiger partial charge < -0.3 is 15.4 Å². The second-order valence-electron chi connectivity index (χ2n) is 6.87. The number of ether oxygens (including phenoxy) is 1. The van der Waals surface area contributed by atoms with Crippen LogP contribution in [0.1, 0.15) is 44.1 Å². The molecule has 1 aromatic heterocycles. The third-order valence-corrected chi connectivity index (χ3v) is 5.29. The fourth-order valence-electron chi connectivity index (χ4n) is 2.86. The van der Waals surface area contributed by atoms with E-state index in [9.17, 15) is 9.59 Å². The molecule has 0 saturated heterocycles. The summed E-state index contributed by atoms with van der Waals surface area (Å²) in [5.74, 6) is -0.548. The maximum absolute atomic E-state index is 12.6. The van der Waals surface area contributed by atoms with Crippen LogP contribution < -0.4 is 10.6 Å². The number of carbonyl (C=O) groups is 2. The van der Waals surface area contributed by atoms with Crippen LogP contribution in [0, 0.1) is 0 Å². The normalized spacial score (nSPS) is 11.7. The molecule has 1 atom stereocenters. The number of amides is 2. The number of nitrogens with one attached hydrogen (secondary N) is 2. The first-order valence-corrected chi connectivity index (χ1v) is 10.4. The van der Waals surface area contributed by atoms with Crippen LogP contribution in [-0.2, 0) is 17.8 Å². The number of anilines is 1. The standard InChI is InChI=1S/C22H24N4O3S/c1-15(11-12-16-7-4-3-5-8-16)23-20(27)17-9-6-10-18(13-17)24-21(28)22-26-25-19(30-22)14-29-2/h3-10,13,15H,11-12,14H2,1-2H3,(H,23,27)(H,24,28)/t15-/m1/s1. The van der Waals surface area contributed by atoms with E-state index < -0.39 is 0 Å². The third kappa shape index (κ3) is 6.20. The van der Waals surface area contributed by atoms with Gasteiger partial charge in [0.05, 0.1) is 6.61 Å². The van der Waals surface area contributed by atoms with Crippen molar-refractivity contribution in [3.05, 3.63) is 75.7 Å². The first-order valence-electron chi connectivity index (χ1n) is 9.62. The monoisotopic (exact) mass is 424 g/mol. The van der Waals surface area contributed by atoms with Gasteiger partial charge in [0.15, 0.2) is 0 Å². The topological polar surface area (TPSA) is 93.2 Å². The fraction of sp³-hybridized carbons (Fsp3) is 0.273. The number of hydrogen-bond acceptors (Lipinski definition) is 6. The number of aromatic nitrogens is 2. The SMILES string of the molecule is COCc1nnc(C(=O)Nc2cccc(C(=O)N[C@H](C)CCc3ccccc3)c2)s1. The molecular weight excluding hydrogens is 400 g/mol. The summed E-state index contributed by atoms with van der Waals surface area (Å²) in [6.45, 7) is 2.29. The minimum Gasteiger partial charge on any atom is -0.377 e. The van der Waals surface area contributed by atoms with Gasteiger partial charge in [0.2, 0.25) is 5.01 Å². The second kappa shape index (κ2) is 10.6. The summed E-state index contributed by atoms with van der Waals surface area (Å²) in [7, 11) is 1.56. The van der Waals surface area contributed by atoms with Crippen molar-refractivity contribution >= 4 is 28.8 Å². The van der Waals surface area contributed by atoms with Crippen molar-refractivity contribution in [1.29, 1.82) is 0 Å². The van der Waals surface area contributed by atoms with Gasteiger partial charge in [-0.3, -0.25) is 9.59 Å². The summed E-state index contributed by atoms with van der Waals surface area (Å²) in [6.07, 6.45) is 1.73. The van der Waals surface area contributed by atoms with Crippen LogP contribution in [-0.4, -0.2) is 35.2 Å². The van der Waals surface area contributed by atoms with Gasteiger partial charge in [0, 0.05) is 24.4 Å². The van der Waals surface area contributed by atoms with Gasteiger partial charge in [-0.1, -0.05) is 47.7 Å². The zero-order valence-electron chi connectivity index (χ0n) is 16.9. The molecule has 0 aliphatic rings. The first kappa shape index (κ1) is 21.6. The Kier molecular flexibility index (Phi) is 7.64. The van der Waals surface area contributed by atoms with Crippen LogP contribution in [0.4, 0.5) is 5.69 Å². The number of nitrogens with zero attached hydrogens (tertiary/aromatic N) is 2. The molecule has 0 radical (unpaired) electrons. The number of methoxy groups -OCH3 is 1. The quantitative estimate of drug-likeness (QED) is 0.546. The Balaban J connectivity index is 1.55. The molecule has 2 amide bonds. The van der Waals surface area contributed by atoms with E-state index in [1.165, 1.54) is 16.9 Å². The maximum Gasteiger partial charge on any atom is 0.286 e. The van der Waals surface area contributed by atoms with Crippen molar-refractivity contribution in [2.75, 3.05) is 12.4 Å². The van der Waals surface area contributed by atoms with E-state index in [2.05, 4.69) is 33.0 Å². The molecular formula is C22H24N4O3S. The van der Waals surface area contributed by atoms with Gasteiger partial charge in [0.25, 0.3) is 11.8 Å². The molecule has 8 heteroatoms. The summed E-state index contributed by atoms with van der Waals surface area (Å²) in [6, 6.07) is 17.0. The second-order valence-corrected chi connectivity index (χ2v) is 7.93. The van der Waals surface area contributed by atoms with Gasteiger partial charge in [-0.2, -0.15) is 0 Å². The van der Waals surface area contributed by atoms with E-state index in [1.54, 1.807) is 31.4 Å².